The molecule has 2 aliphatic rings. The lowest BCUT2D eigenvalue weighted by molar-refractivity contribution is 0.0936. The molecule has 2 N–H and O–H groups in total. The van der Waals surface area contributed by atoms with Gasteiger partial charge in [-0.3, -0.25) is 0 Å². The van der Waals surface area contributed by atoms with Crippen molar-refractivity contribution in [2.24, 2.45) is 0 Å². The molecule has 5 heteroatoms. The molecule has 0 aromatic heterocycles. The van der Waals surface area contributed by atoms with Gasteiger partial charge in [-0.1, -0.05) is 0 Å². The third-order valence-corrected chi connectivity index (χ3v) is 2.82. The molecular weight excluding hydrogens is 184 g/mol. The van der Waals surface area contributed by atoms with Gasteiger partial charge < -0.3 is 20.1 Å². The fraction of sp³-hybridized carbons (Fsp3) is 0.889. The second-order valence-corrected chi connectivity index (χ2v) is 3.84. The summed E-state index contributed by atoms with van der Waals surface area (Å²) in [7, 11) is 0. The first-order valence-electron chi connectivity index (χ1n) is 5.10. The molecule has 0 spiro atoms. The number of piperidine rings is 1. The van der Waals surface area contributed by atoms with Gasteiger partial charge in [0.25, 0.3) is 0 Å². The maximum absolute atomic E-state index is 11.4. The molecule has 2 aliphatic heterocycles. The summed E-state index contributed by atoms with van der Waals surface area (Å²) in [6.45, 7) is 2.32. The second kappa shape index (κ2) is 4.14. The largest absolute Gasteiger partial charge is 0.442 e. The fourth-order valence-electron chi connectivity index (χ4n) is 2.03. The van der Waals surface area contributed by atoms with Crippen LogP contribution in [0.25, 0.3) is 0 Å². The van der Waals surface area contributed by atoms with E-state index < -0.39 is 0 Å². The number of hydrogen-bond donors (Lipinski definition) is 2. The molecule has 2 atom stereocenters. The number of carbonyl (C=O) groups excluding carboxylic acids is 1. The van der Waals surface area contributed by atoms with Gasteiger partial charge in [-0.2, -0.15) is 0 Å². The molecule has 0 aliphatic carbocycles. The molecule has 0 aromatic carbocycles. The van der Waals surface area contributed by atoms with Gasteiger partial charge in [-0.05, 0) is 19.4 Å². The van der Waals surface area contributed by atoms with E-state index >= 15 is 0 Å². The van der Waals surface area contributed by atoms with E-state index in [2.05, 4.69) is 5.32 Å². The van der Waals surface area contributed by atoms with Crippen LogP contribution in [-0.4, -0.2) is 54.5 Å². The molecule has 0 radical (unpaired) electrons. The molecule has 80 valence electrons. The highest BCUT2D eigenvalue weighted by Gasteiger charge is 2.35. The Kier molecular flexibility index (Phi) is 2.88. The summed E-state index contributed by atoms with van der Waals surface area (Å²) in [5.74, 6) is 0. The smallest absolute Gasteiger partial charge is 0.410 e. The highest BCUT2D eigenvalue weighted by molar-refractivity contribution is 5.70. The van der Waals surface area contributed by atoms with Crippen molar-refractivity contribution < 1.29 is 14.6 Å². The first-order chi connectivity index (χ1) is 6.81. The maximum atomic E-state index is 11.4. The molecule has 5 nitrogen and oxygen atoms in total. The zero-order valence-corrected chi connectivity index (χ0v) is 8.11. The van der Waals surface area contributed by atoms with Gasteiger partial charge in [-0.25, -0.2) is 4.79 Å². The third-order valence-electron chi connectivity index (χ3n) is 2.82. The summed E-state index contributed by atoms with van der Waals surface area (Å²) in [6.07, 6.45) is 1.51. The number of rotatable bonds is 2. The molecule has 2 heterocycles. The van der Waals surface area contributed by atoms with Crippen molar-refractivity contribution in [2.45, 2.75) is 25.0 Å². The first kappa shape index (κ1) is 9.73. The molecule has 0 saturated carbocycles. The average molecular weight is 200 g/mol. The fourth-order valence-corrected chi connectivity index (χ4v) is 2.03. The Balaban J connectivity index is 1.93. The van der Waals surface area contributed by atoms with Gasteiger partial charge >= 0.3 is 6.09 Å². The van der Waals surface area contributed by atoms with Crippen molar-refractivity contribution in [1.29, 1.82) is 0 Å². The van der Waals surface area contributed by atoms with E-state index in [1.165, 1.54) is 0 Å². The monoisotopic (exact) mass is 200 g/mol. The molecule has 1 amide bonds. The van der Waals surface area contributed by atoms with E-state index in [4.69, 9.17) is 9.84 Å². The minimum atomic E-state index is -0.329. The SMILES string of the molecule is O=C1O[C@@H](CO)CN1C1CCCNC1. The molecule has 0 aromatic rings. The highest BCUT2D eigenvalue weighted by atomic mass is 16.6. The number of nitrogens with one attached hydrogen (secondary N) is 1. The summed E-state index contributed by atoms with van der Waals surface area (Å²) in [5, 5.41) is 12.1. The number of aliphatic hydroxyl groups is 1. The van der Waals surface area contributed by atoms with E-state index in [-0.39, 0.29) is 24.8 Å². The summed E-state index contributed by atoms with van der Waals surface area (Å²) >= 11 is 0. The van der Waals surface area contributed by atoms with Crippen molar-refractivity contribution in [3.8, 4) is 0 Å². The standard InChI is InChI=1S/C9H16N2O3/c12-6-8-5-11(9(13)14-8)7-2-1-3-10-4-7/h7-8,10,12H,1-6H2/t7?,8-/m1/s1. The van der Waals surface area contributed by atoms with Gasteiger partial charge in [0.15, 0.2) is 0 Å². The minimum absolute atomic E-state index is 0.0810. The number of hydrogen-bond acceptors (Lipinski definition) is 4. The van der Waals surface area contributed by atoms with Crippen LogP contribution in [0.4, 0.5) is 4.79 Å². The Morgan fingerprint density at radius 3 is 3.07 bits per heavy atom. The summed E-state index contributed by atoms with van der Waals surface area (Å²) < 4.78 is 4.99. The lowest BCUT2D eigenvalue weighted by atomic mass is 10.1. The second-order valence-electron chi connectivity index (χ2n) is 3.84. The molecule has 2 fully saturated rings. The maximum Gasteiger partial charge on any atom is 0.410 e. The van der Waals surface area contributed by atoms with Crippen LogP contribution < -0.4 is 5.32 Å². The Hall–Kier alpha value is -0.810. The van der Waals surface area contributed by atoms with E-state index in [0.717, 1.165) is 25.9 Å². The van der Waals surface area contributed by atoms with Gasteiger partial charge in [0.2, 0.25) is 0 Å². The normalized spacial score (nSPS) is 33.2. The van der Waals surface area contributed by atoms with Gasteiger partial charge in [0.1, 0.15) is 6.10 Å². The number of ether oxygens (including phenoxy) is 1. The van der Waals surface area contributed by atoms with Crippen LogP contribution >= 0.6 is 0 Å². The number of amides is 1. The van der Waals surface area contributed by atoms with Crippen molar-refractivity contribution in [2.75, 3.05) is 26.2 Å². The molecule has 0 bridgehead atoms. The Morgan fingerprint density at radius 1 is 1.64 bits per heavy atom. The molecule has 2 saturated heterocycles. The van der Waals surface area contributed by atoms with E-state index in [0.29, 0.717) is 6.54 Å². The van der Waals surface area contributed by atoms with Crippen LogP contribution in [0.3, 0.4) is 0 Å². The summed E-state index contributed by atoms with van der Waals surface area (Å²) in [4.78, 5) is 13.1. The Morgan fingerprint density at radius 2 is 2.50 bits per heavy atom. The molecule has 14 heavy (non-hydrogen) atoms. The van der Waals surface area contributed by atoms with E-state index in [9.17, 15) is 4.79 Å². The quantitative estimate of drug-likeness (QED) is 0.634. The average Bonchev–Trinajstić information content (AvgIpc) is 2.61. The van der Waals surface area contributed by atoms with Crippen molar-refractivity contribution in [3.05, 3.63) is 0 Å². The van der Waals surface area contributed by atoms with Crippen LogP contribution in [0.1, 0.15) is 12.8 Å². The van der Waals surface area contributed by atoms with Crippen molar-refractivity contribution in [3.63, 3.8) is 0 Å². The van der Waals surface area contributed by atoms with Crippen LogP contribution in [-0.2, 0) is 4.74 Å². The topological polar surface area (TPSA) is 61.8 Å². The number of nitrogens with zero attached hydrogens (tertiary/aromatic N) is 1. The lowest BCUT2D eigenvalue weighted by Gasteiger charge is -2.29. The van der Waals surface area contributed by atoms with Crippen LogP contribution in [0, 0.1) is 0 Å². The highest BCUT2D eigenvalue weighted by Crippen LogP contribution is 2.18. The molecule has 2 rings (SSSR count). The summed E-state index contributed by atoms with van der Waals surface area (Å²) in [5.41, 5.74) is 0. The first-order valence-corrected chi connectivity index (χ1v) is 5.10. The van der Waals surface area contributed by atoms with Crippen LogP contribution in [0.5, 0.6) is 0 Å². The minimum Gasteiger partial charge on any atom is -0.442 e. The predicted molar refractivity (Wildman–Crippen MR) is 50.0 cm³/mol. The van der Waals surface area contributed by atoms with Gasteiger partial charge in [0, 0.05) is 12.6 Å². The summed E-state index contributed by atoms with van der Waals surface area (Å²) in [6, 6.07) is 0.243. The third kappa shape index (κ3) is 1.83. The lowest BCUT2D eigenvalue weighted by Crippen LogP contribution is -2.46. The zero-order valence-electron chi connectivity index (χ0n) is 8.11. The van der Waals surface area contributed by atoms with Gasteiger partial charge in [-0.15, -0.1) is 0 Å². The Labute approximate surface area is 83.0 Å². The van der Waals surface area contributed by atoms with Crippen molar-refractivity contribution in [1.82, 2.24) is 10.2 Å². The van der Waals surface area contributed by atoms with Gasteiger partial charge in [0.05, 0.1) is 13.2 Å². The van der Waals surface area contributed by atoms with Crippen LogP contribution in [0.15, 0.2) is 0 Å². The number of aliphatic hydroxyl groups excluding tert-OH is 1. The number of carbonyl (C=O) groups is 1. The predicted octanol–water partition coefficient (Wildman–Crippen LogP) is -0.448. The molecular formula is C9H16N2O3. The zero-order chi connectivity index (χ0) is 9.97. The van der Waals surface area contributed by atoms with Crippen LogP contribution in [0.2, 0.25) is 0 Å². The van der Waals surface area contributed by atoms with Crippen molar-refractivity contribution >= 4 is 6.09 Å². The Bertz CT molecular complexity index is 216. The van der Waals surface area contributed by atoms with E-state index in [1.54, 1.807) is 4.90 Å². The molecule has 1 unspecified atom stereocenters. The number of cyclic esters (lactones) is 1. The van der Waals surface area contributed by atoms with E-state index in [1.807, 2.05) is 0 Å².